The molecule has 2 unspecified atom stereocenters. The number of nitrogens with one attached hydrogen (secondary N) is 2. The van der Waals surface area contributed by atoms with Crippen molar-refractivity contribution in [1.29, 1.82) is 0 Å². The van der Waals surface area contributed by atoms with Crippen molar-refractivity contribution in [3.63, 3.8) is 0 Å². The Kier molecular flexibility index (Phi) is 8.56. The molecule has 96 valence electrons. The number of likely N-dealkylation sites (N-methyl/N-ethyl adjacent to an activating group) is 1. The van der Waals surface area contributed by atoms with Crippen LogP contribution in [-0.4, -0.2) is 51.5 Å². The molecule has 16 heavy (non-hydrogen) atoms. The van der Waals surface area contributed by atoms with E-state index in [2.05, 4.69) is 10.6 Å². The molecule has 0 spiro atoms. The fraction of sp³-hybridized carbons (Fsp3) is 0.900. The molecule has 1 fully saturated rings. The third-order valence-electron chi connectivity index (χ3n) is 2.21. The van der Waals surface area contributed by atoms with E-state index >= 15 is 0 Å². The van der Waals surface area contributed by atoms with Crippen LogP contribution in [-0.2, 0) is 14.3 Å². The Labute approximate surface area is 103 Å². The van der Waals surface area contributed by atoms with Crippen LogP contribution in [0, 0.1) is 0 Å². The average Bonchev–Trinajstić information content (AvgIpc) is 2.67. The molecule has 1 heterocycles. The van der Waals surface area contributed by atoms with E-state index in [1.54, 1.807) is 7.05 Å². The number of halogens is 1. The lowest BCUT2D eigenvalue weighted by Crippen LogP contribution is -2.41. The van der Waals surface area contributed by atoms with Crippen LogP contribution in [0.15, 0.2) is 0 Å². The Balaban J connectivity index is 0.00000225. The molecule has 1 rings (SSSR count). The summed E-state index contributed by atoms with van der Waals surface area (Å²) in [5, 5.41) is 5.63. The number of hydrogen-bond donors (Lipinski definition) is 2. The van der Waals surface area contributed by atoms with Crippen molar-refractivity contribution in [2.45, 2.75) is 25.5 Å². The summed E-state index contributed by atoms with van der Waals surface area (Å²) in [5.74, 6) is -0.00345. The summed E-state index contributed by atoms with van der Waals surface area (Å²) in [4.78, 5) is 11.2. The first kappa shape index (κ1) is 15.6. The summed E-state index contributed by atoms with van der Waals surface area (Å²) < 4.78 is 10.8. The van der Waals surface area contributed by atoms with E-state index in [9.17, 15) is 4.79 Å². The van der Waals surface area contributed by atoms with E-state index in [4.69, 9.17) is 9.47 Å². The summed E-state index contributed by atoms with van der Waals surface area (Å²) in [6.07, 6.45) is 1.16. The van der Waals surface area contributed by atoms with E-state index < -0.39 is 0 Å². The zero-order chi connectivity index (χ0) is 11.1. The van der Waals surface area contributed by atoms with E-state index in [-0.39, 0.29) is 30.5 Å². The van der Waals surface area contributed by atoms with Gasteiger partial charge >= 0.3 is 0 Å². The van der Waals surface area contributed by atoms with Crippen molar-refractivity contribution < 1.29 is 14.3 Å². The monoisotopic (exact) mass is 252 g/mol. The number of rotatable bonds is 6. The molecule has 6 heteroatoms. The van der Waals surface area contributed by atoms with Crippen molar-refractivity contribution in [2.75, 3.05) is 33.4 Å². The standard InChI is InChI=1S/C10H20N2O3.ClH/c1-8(12-10(13)5-11-2)6-15-9-3-4-14-7-9;/h8-9,11H,3-7H2,1-2H3,(H,12,13);1H. The molecular weight excluding hydrogens is 232 g/mol. The normalized spacial score (nSPS) is 21.2. The highest BCUT2D eigenvalue weighted by Gasteiger charge is 2.17. The summed E-state index contributed by atoms with van der Waals surface area (Å²) in [6.45, 7) is 4.28. The maximum Gasteiger partial charge on any atom is 0.234 e. The van der Waals surface area contributed by atoms with Gasteiger partial charge in [-0.1, -0.05) is 0 Å². The van der Waals surface area contributed by atoms with Crippen LogP contribution >= 0.6 is 12.4 Å². The van der Waals surface area contributed by atoms with Gasteiger partial charge in [0.2, 0.25) is 5.91 Å². The molecule has 1 amide bonds. The lowest BCUT2D eigenvalue weighted by Gasteiger charge is -2.16. The van der Waals surface area contributed by atoms with Gasteiger partial charge in [-0.2, -0.15) is 0 Å². The third kappa shape index (κ3) is 6.27. The fourth-order valence-corrected chi connectivity index (χ4v) is 1.45. The molecule has 5 nitrogen and oxygen atoms in total. The Morgan fingerprint density at radius 3 is 2.94 bits per heavy atom. The van der Waals surface area contributed by atoms with E-state index in [1.807, 2.05) is 6.92 Å². The predicted octanol–water partition coefficient (Wildman–Crippen LogP) is -0.0622. The Morgan fingerprint density at radius 1 is 1.62 bits per heavy atom. The van der Waals surface area contributed by atoms with Crippen LogP contribution in [0.25, 0.3) is 0 Å². The molecule has 1 saturated heterocycles. The Hall–Kier alpha value is -0.360. The van der Waals surface area contributed by atoms with Crippen LogP contribution in [0.2, 0.25) is 0 Å². The number of hydrogen-bond acceptors (Lipinski definition) is 4. The lowest BCUT2D eigenvalue weighted by atomic mass is 10.3. The molecule has 0 radical (unpaired) electrons. The quantitative estimate of drug-likeness (QED) is 0.695. The van der Waals surface area contributed by atoms with Crippen molar-refractivity contribution in [2.24, 2.45) is 0 Å². The van der Waals surface area contributed by atoms with Crippen molar-refractivity contribution in [3.05, 3.63) is 0 Å². The molecule has 0 saturated carbocycles. The largest absolute Gasteiger partial charge is 0.379 e. The van der Waals surface area contributed by atoms with Crippen LogP contribution in [0.5, 0.6) is 0 Å². The molecule has 0 aromatic heterocycles. The maximum absolute atomic E-state index is 11.2. The number of carbonyl (C=O) groups excluding carboxylic acids is 1. The van der Waals surface area contributed by atoms with Gasteiger partial charge in [0, 0.05) is 12.6 Å². The van der Waals surface area contributed by atoms with Gasteiger partial charge in [-0.3, -0.25) is 4.79 Å². The highest BCUT2D eigenvalue weighted by molar-refractivity contribution is 5.85. The molecule has 1 aliphatic rings. The minimum atomic E-state index is -0.00345. The molecule has 0 aromatic rings. The summed E-state index contributed by atoms with van der Waals surface area (Å²) >= 11 is 0. The molecule has 1 aliphatic heterocycles. The Morgan fingerprint density at radius 2 is 2.38 bits per heavy atom. The number of ether oxygens (including phenoxy) is 2. The average molecular weight is 253 g/mol. The molecule has 0 aliphatic carbocycles. The zero-order valence-corrected chi connectivity index (χ0v) is 10.6. The topological polar surface area (TPSA) is 59.6 Å². The lowest BCUT2D eigenvalue weighted by molar-refractivity contribution is -0.121. The van der Waals surface area contributed by atoms with Gasteiger partial charge in [-0.15, -0.1) is 12.4 Å². The summed E-state index contributed by atoms with van der Waals surface area (Å²) in [6, 6.07) is 0.0476. The first-order valence-electron chi connectivity index (χ1n) is 5.35. The van der Waals surface area contributed by atoms with Crippen molar-refractivity contribution in [3.8, 4) is 0 Å². The van der Waals surface area contributed by atoms with Gasteiger partial charge in [0.15, 0.2) is 0 Å². The second kappa shape index (κ2) is 8.75. The minimum Gasteiger partial charge on any atom is -0.379 e. The number of carbonyl (C=O) groups is 1. The maximum atomic E-state index is 11.2. The summed E-state index contributed by atoms with van der Waals surface area (Å²) in [5.41, 5.74) is 0. The third-order valence-corrected chi connectivity index (χ3v) is 2.21. The first-order valence-corrected chi connectivity index (χ1v) is 5.35. The number of amides is 1. The fourth-order valence-electron chi connectivity index (χ4n) is 1.45. The van der Waals surface area contributed by atoms with Gasteiger partial charge in [0.05, 0.1) is 25.9 Å². The van der Waals surface area contributed by atoms with Gasteiger partial charge in [-0.25, -0.2) is 0 Å². The van der Waals surface area contributed by atoms with Crippen LogP contribution in [0.4, 0.5) is 0 Å². The molecule has 2 N–H and O–H groups in total. The summed E-state index contributed by atoms with van der Waals surface area (Å²) in [7, 11) is 1.75. The molecule has 0 aromatic carbocycles. The smallest absolute Gasteiger partial charge is 0.234 e. The van der Waals surface area contributed by atoms with Crippen molar-refractivity contribution in [1.82, 2.24) is 10.6 Å². The molecule has 2 atom stereocenters. The van der Waals surface area contributed by atoms with Crippen LogP contribution < -0.4 is 10.6 Å². The highest BCUT2D eigenvalue weighted by Crippen LogP contribution is 2.08. The SMILES string of the molecule is CNCC(=O)NC(C)COC1CCOC1.Cl. The van der Waals surface area contributed by atoms with Crippen LogP contribution in [0.1, 0.15) is 13.3 Å². The van der Waals surface area contributed by atoms with E-state index in [0.717, 1.165) is 13.0 Å². The molecule has 0 bridgehead atoms. The highest BCUT2D eigenvalue weighted by atomic mass is 35.5. The molecular formula is C10H21ClN2O3. The second-order valence-electron chi connectivity index (χ2n) is 3.82. The van der Waals surface area contributed by atoms with Gasteiger partial charge in [0.1, 0.15) is 0 Å². The predicted molar refractivity (Wildman–Crippen MR) is 64.0 cm³/mol. The second-order valence-corrected chi connectivity index (χ2v) is 3.82. The first-order chi connectivity index (χ1) is 7.22. The van der Waals surface area contributed by atoms with Gasteiger partial charge < -0.3 is 20.1 Å². The zero-order valence-electron chi connectivity index (χ0n) is 9.82. The van der Waals surface area contributed by atoms with E-state index in [1.165, 1.54) is 0 Å². The Bertz CT molecular complexity index is 199. The van der Waals surface area contributed by atoms with E-state index in [0.29, 0.717) is 19.8 Å². The van der Waals surface area contributed by atoms with Gasteiger partial charge in [0.25, 0.3) is 0 Å². The van der Waals surface area contributed by atoms with Gasteiger partial charge in [-0.05, 0) is 20.4 Å². The minimum absolute atomic E-state index is 0. The van der Waals surface area contributed by atoms with Crippen molar-refractivity contribution >= 4 is 18.3 Å². The van der Waals surface area contributed by atoms with Crippen LogP contribution in [0.3, 0.4) is 0 Å².